The van der Waals surface area contributed by atoms with Crippen molar-refractivity contribution in [3.8, 4) is 0 Å². The minimum Gasteiger partial charge on any atom is -0.462 e. The lowest BCUT2D eigenvalue weighted by molar-refractivity contribution is -0.161. The Morgan fingerprint density at radius 1 is 1.17 bits per heavy atom. The van der Waals surface area contributed by atoms with Crippen molar-refractivity contribution in [3.05, 3.63) is 53.6 Å². The van der Waals surface area contributed by atoms with E-state index in [2.05, 4.69) is 0 Å². The number of aliphatic hydroxyl groups is 1. The summed E-state index contributed by atoms with van der Waals surface area (Å²) in [6, 6.07) is 5.93. The maximum atomic E-state index is 14.2. The number of allylic oxidation sites excluding steroid dienone is 1. The molecule has 9 heteroatoms. The maximum absolute atomic E-state index is 14.2. The molecule has 36 heavy (non-hydrogen) atoms. The average Bonchev–Trinajstić information content (AvgIpc) is 3.15. The summed E-state index contributed by atoms with van der Waals surface area (Å²) in [6.45, 7) is 3.85. The Morgan fingerprint density at radius 2 is 1.92 bits per heavy atom. The summed E-state index contributed by atoms with van der Waals surface area (Å²) in [5.41, 5.74) is -2.10. The van der Waals surface area contributed by atoms with Gasteiger partial charge >= 0.3 is 5.97 Å². The van der Waals surface area contributed by atoms with Gasteiger partial charge in [-0.2, -0.15) is 0 Å². The fraction of sp³-hybridized carbons (Fsp3) is 0.519. The fourth-order valence-corrected chi connectivity index (χ4v) is 6.34. The molecule has 8 nitrogen and oxygen atoms in total. The van der Waals surface area contributed by atoms with Crippen molar-refractivity contribution in [2.45, 2.75) is 57.0 Å². The number of amides is 2. The second-order valence-corrected chi connectivity index (χ2v) is 10.6. The number of ether oxygens (including phenoxy) is 2. The molecule has 3 unspecified atom stereocenters. The van der Waals surface area contributed by atoms with E-state index in [0.717, 1.165) is 0 Å². The van der Waals surface area contributed by atoms with Crippen molar-refractivity contribution in [1.29, 1.82) is 0 Å². The number of hydrogen-bond acceptors (Lipinski definition) is 6. The number of hydrogen-bond donors (Lipinski definition) is 1. The molecule has 192 valence electrons. The number of rotatable bonds is 4. The molecule has 1 N–H and O–H groups in total. The summed E-state index contributed by atoms with van der Waals surface area (Å²) in [4.78, 5) is 45.0. The van der Waals surface area contributed by atoms with E-state index >= 15 is 0 Å². The maximum Gasteiger partial charge on any atom is 0.313 e. The van der Waals surface area contributed by atoms with Crippen molar-refractivity contribution in [2.24, 2.45) is 11.3 Å². The van der Waals surface area contributed by atoms with Gasteiger partial charge in [0.2, 0.25) is 5.91 Å². The topological polar surface area (TPSA) is 96.4 Å². The molecule has 4 aliphatic heterocycles. The number of halogens is 1. The fourth-order valence-electron chi connectivity index (χ4n) is 6.21. The molecule has 2 fully saturated rings. The van der Waals surface area contributed by atoms with E-state index in [4.69, 9.17) is 21.1 Å². The van der Waals surface area contributed by atoms with Gasteiger partial charge in [-0.05, 0) is 57.4 Å². The van der Waals surface area contributed by atoms with Crippen LogP contribution in [-0.2, 0) is 23.9 Å². The van der Waals surface area contributed by atoms with E-state index in [1.54, 1.807) is 42.2 Å². The van der Waals surface area contributed by atoms with Crippen LogP contribution in [-0.4, -0.2) is 71.3 Å². The highest BCUT2D eigenvalue weighted by molar-refractivity contribution is 6.30. The first-order chi connectivity index (χ1) is 17.2. The Bertz CT molecular complexity index is 1120. The van der Waals surface area contributed by atoms with Crippen molar-refractivity contribution in [2.75, 3.05) is 24.6 Å². The number of aliphatic hydroxyl groups excluding tert-OH is 1. The minimum atomic E-state index is -1.38. The first-order valence-electron chi connectivity index (χ1n) is 12.5. The monoisotopic (exact) mass is 514 g/mol. The molecule has 6 atom stereocenters. The van der Waals surface area contributed by atoms with Crippen LogP contribution in [0.2, 0.25) is 5.02 Å². The molecule has 0 aromatic heterocycles. The second kappa shape index (κ2) is 9.32. The molecule has 1 aromatic rings. The third kappa shape index (κ3) is 3.61. The molecule has 4 heterocycles. The van der Waals surface area contributed by atoms with Crippen LogP contribution in [0.5, 0.6) is 0 Å². The number of carbonyl (C=O) groups excluding carboxylic acids is 3. The highest BCUT2D eigenvalue weighted by atomic mass is 35.5. The molecule has 1 aromatic carbocycles. The van der Waals surface area contributed by atoms with E-state index in [1.165, 1.54) is 4.90 Å². The van der Waals surface area contributed by atoms with Crippen molar-refractivity contribution in [3.63, 3.8) is 0 Å². The van der Waals surface area contributed by atoms with Crippen molar-refractivity contribution < 1.29 is 29.0 Å². The molecule has 2 saturated heterocycles. The minimum absolute atomic E-state index is 0.139. The zero-order chi connectivity index (χ0) is 25.7. The van der Waals surface area contributed by atoms with Gasteiger partial charge in [-0.1, -0.05) is 35.9 Å². The van der Waals surface area contributed by atoms with Crippen LogP contribution in [0.15, 0.2) is 48.6 Å². The molecule has 4 aliphatic rings. The largest absolute Gasteiger partial charge is 0.462 e. The molecule has 0 aliphatic carbocycles. The molecule has 5 rings (SSSR count). The van der Waals surface area contributed by atoms with Crippen LogP contribution in [0, 0.1) is 11.3 Å². The van der Waals surface area contributed by atoms with Crippen molar-refractivity contribution >= 4 is 35.1 Å². The normalized spacial score (nSPS) is 36.8. The van der Waals surface area contributed by atoms with E-state index in [9.17, 15) is 19.5 Å². The van der Waals surface area contributed by atoms with E-state index in [0.29, 0.717) is 30.0 Å². The standard InChI is InChI=1S/C27H31ClN2O6/c1-17-7-3-4-8-20-21(24(33)35-17)26(2)25(34)30(15-6-16-31)22-23(32)29(14-5-13-27(22,26)36-20)19-11-9-18(28)10-12-19/h4-5,8-13,17,20-22,31H,3,6-7,14-16H2,1-2H3/b8-4-/t17?,20-,21?,22-,26+,27?/m1/s1. The first kappa shape index (κ1) is 25.0. The van der Waals surface area contributed by atoms with Crippen LogP contribution in [0.3, 0.4) is 0 Å². The smallest absolute Gasteiger partial charge is 0.313 e. The Kier molecular flexibility index (Phi) is 6.47. The summed E-state index contributed by atoms with van der Waals surface area (Å²) in [5.74, 6) is -2.06. The van der Waals surface area contributed by atoms with Gasteiger partial charge in [-0.15, -0.1) is 0 Å². The summed E-state index contributed by atoms with van der Waals surface area (Å²) >= 11 is 6.07. The van der Waals surface area contributed by atoms with Gasteiger partial charge in [-0.3, -0.25) is 14.4 Å². The SMILES string of the molecule is CC1CC/C=C\[C@H]2OC34C=CCN(c5ccc(Cl)cc5)C(=O)[C@H]3N(CCCO)C(=O)[C@]4(C)C2C(=O)O1. The third-order valence-electron chi connectivity index (χ3n) is 8.00. The summed E-state index contributed by atoms with van der Waals surface area (Å²) < 4.78 is 12.4. The zero-order valence-corrected chi connectivity index (χ0v) is 21.2. The summed E-state index contributed by atoms with van der Waals surface area (Å²) in [6.07, 6.45) is 8.10. The van der Waals surface area contributed by atoms with Crippen LogP contribution in [0.4, 0.5) is 5.69 Å². The summed E-state index contributed by atoms with van der Waals surface area (Å²) in [5, 5.41) is 10.1. The molecule has 1 spiro atoms. The van der Waals surface area contributed by atoms with Crippen molar-refractivity contribution in [1.82, 2.24) is 4.90 Å². The van der Waals surface area contributed by atoms with E-state index in [-0.39, 0.29) is 37.6 Å². The second-order valence-electron chi connectivity index (χ2n) is 10.1. The van der Waals surface area contributed by atoms with E-state index in [1.807, 2.05) is 25.2 Å². The highest BCUT2D eigenvalue weighted by Crippen LogP contribution is 2.61. The Hall–Kier alpha value is -2.68. The van der Waals surface area contributed by atoms with Crippen LogP contribution in [0.25, 0.3) is 0 Å². The number of carbonyl (C=O) groups is 3. The van der Waals surface area contributed by atoms with Gasteiger partial charge in [0.25, 0.3) is 5.91 Å². The lowest BCUT2D eigenvalue weighted by Crippen LogP contribution is -2.56. The van der Waals surface area contributed by atoms with E-state index < -0.39 is 35.0 Å². The van der Waals surface area contributed by atoms with Gasteiger partial charge in [0.05, 0.1) is 17.6 Å². The summed E-state index contributed by atoms with van der Waals surface area (Å²) in [7, 11) is 0. The van der Waals surface area contributed by atoms with Crippen LogP contribution >= 0.6 is 11.6 Å². The Morgan fingerprint density at radius 3 is 2.64 bits per heavy atom. The highest BCUT2D eigenvalue weighted by Gasteiger charge is 2.78. The van der Waals surface area contributed by atoms with Gasteiger partial charge < -0.3 is 24.4 Å². The van der Waals surface area contributed by atoms with Crippen LogP contribution < -0.4 is 4.90 Å². The van der Waals surface area contributed by atoms with Gasteiger partial charge in [0.1, 0.15) is 17.6 Å². The number of esters is 1. The average molecular weight is 515 g/mol. The molecular formula is C27H31ClN2O6. The third-order valence-corrected chi connectivity index (χ3v) is 8.25. The van der Waals surface area contributed by atoms with Gasteiger partial charge in [0, 0.05) is 30.4 Å². The number of anilines is 1. The predicted octanol–water partition coefficient (Wildman–Crippen LogP) is 2.88. The zero-order valence-electron chi connectivity index (χ0n) is 20.4. The number of likely N-dealkylation sites (tertiary alicyclic amines) is 1. The quantitative estimate of drug-likeness (QED) is 0.490. The Labute approximate surface area is 215 Å². The number of fused-ring (bicyclic) bond motifs is 2. The van der Waals surface area contributed by atoms with Gasteiger partial charge in [-0.25, -0.2) is 0 Å². The number of cyclic esters (lactones) is 1. The lowest BCUT2D eigenvalue weighted by Gasteiger charge is -2.37. The van der Waals surface area contributed by atoms with Gasteiger partial charge in [0.15, 0.2) is 0 Å². The number of benzene rings is 1. The predicted molar refractivity (Wildman–Crippen MR) is 133 cm³/mol. The van der Waals surface area contributed by atoms with Crippen LogP contribution in [0.1, 0.15) is 33.1 Å². The number of nitrogens with zero attached hydrogens (tertiary/aromatic N) is 2. The molecular weight excluding hydrogens is 484 g/mol. The molecule has 0 radical (unpaired) electrons. The molecule has 0 bridgehead atoms. The molecule has 0 saturated carbocycles. The Balaban J connectivity index is 1.64. The first-order valence-corrected chi connectivity index (χ1v) is 12.8. The molecule has 2 amide bonds. The lowest BCUT2D eigenvalue weighted by atomic mass is 9.65.